The zero-order valence-electron chi connectivity index (χ0n) is 15.0. The van der Waals surface area contributed by atoms with Gasteiger partial charge in [-0.05, 0) is 47.5 Å². The number of fused-ring (bicyclic) bond motifs is 2. The second-order valence-corrected chi connectivity index (χ2v) is 6.70. The highest BCUT2D eigenvalue weighted by atomic mass is 16.5. The molecule has 132 valence electrons. The zero-order chi connectivity index (χ0) is 18.0. The standard InChI is InChI=1S/C21H24O4/c1-4-5-10-18-17-12-15-9-7-6-8-14(15)11-16(17)13-21(18,19(22)24-2)20(23)25-3/h6-10,12,16H,4-5,11,13H2,1-3H3/b18-10+. The second-order valence-electron chi connectivity index (χ2n) is 6.70. The first-order chi connectivity index (χ1) is 12.1. The third-order valence-corrected chi connectivity index (χ3v) is 5.30. The van der Waals surface area contributed by atoms with E-state index in [1.807, 2.05) is 18.2 Å². The van der Waals surface area contributed by atoms with Crippen molar-refractivity contribution < 1.29 is 19.1 Å². The first-order valence-corrected chi connectivity index (χ1v) is 8.75. The predicted molar refractivity (Wildman–Crippen MR) is 95.7 cm³/mol. The molecule has 2 aliphatic rings. The fourth-order valence-corrected chi connectivity index (χ4v) is 4.13. The van der Waals surface area contributed by atoms with Crippen molar-refractivity contribution in [2.45, 2.75) is 32.6 Å². The fourth-order valence-electron chi connectivity index (χ4n) is 4.13. The maximum atomic E-state index is 12.7. The highest BCUT2D eigenvalue weighted by Crippen LogP contribution is 2.54. The van der Waals surface area contributed by atoms with Crippen molar-refractivity contribution in [3.63, 3.8) is 0 Å². The zero-order valence-corrected chi connectivity index (χ0v) is 15.0. The van der Waals surface area contributed by atoms with E-state index in [2.05, 4.69) is 25.1 Å². The Morgan fingerprint density at radius 1 is 1.20 bits per heavy atom. The Morgan fingerprint density at radius 2 is 1.88 bits per heavy atom. The average Bonchev–Trinajstić information content (AvgIpc) is 2.97. The Labute approximate surface area is 148 Å². The summed E-state index contributed by atoms with van der Waals surface area (Å²) < 4.78 is 10.1. The van der Waals surface area contributed by atoms with Crippen LogP contribution in [0.1, 0.15) is 37.3 Å². The number of methoxy groups -OCH3 is 2. The van der Waals surface area contributed by atoms with Crippen molar-refractivity contribution in [2.24, 2.45) is 11.3 Å². The lowest BCUT2D eigenvalue weighted by molar-refractivity contribution is -0.165. The molecular formula is C21H24O4. The van der Waals surface area contributed by atoms with Gasteiger partial charge < -0.3 is 9.47 Å². The van der Waals surface area contributed by atoms with E-state index in [1.54, 1.807) is 0 Å². The maximum Gasteiger partial charge on any atom is 0.327 e. The molecule has 1 fully saturated rings. The minimum Gasteiger partial charge on any atom is -0.468 e. The molecule has 0 saturated heterocycles. The Balaban J connectivity index is 2.17. The van der Waals surface area contributed by atoms with E-state index in [-0.39, 0.29) is 5.92 Å². The van der Waals surface area contributed by atoms with Gasteiger partial charge in [0.05, 0.1) is 14.2 Å². The number of carbonyl (C=O) groups is 2. The smallest absolute Gasteiger partial charge is 0.327 e. The number of unbranched alkanes of at least 4 members (excludes halogenated alkanes) is 1. The number of ether oxygens (including phenoxy) is 2. The SMILES string of the molecule is CCC/C=C1\C2=Cc3ccccc3CC2CC1(C(=O)OC)C(=O)OC. The van der Waals surface area contributed by atoms with Crippen molar-refractivity contribution >= 4 is 18.0 Å². The van der Waals surface area contributed by atoms with Gasteiger partial charge in [-0.2, -0.15) is 0 Å². The molecule has 0 heterocycles. The molecule has 1 unspecified atom stereocenters. The van der Waals surface area contributed by atoms with Gasteiger partial charge in [0.25, 0.3) is 0 Å². The number of esters is 2. The maximum absolute atomic E-state index is 12.7. The monoisotopic (exact) mass is 340 g/mol. The van der Waals surface area contributed by atoms with Crippen LogP contribution < -0.4 is 0 Å². The summed E-state index contributed by atoms with van der Waals surface area (Å²) in [4.78, 5) is 25.5. The number of hydrogen-bond donors (Lipinski definition) is 0. The highest BCUT2D eigenvalue weighted by Gasteiger charge is 2.59. The minimum absolute atomic E-state index is 0.121. The predicted octanol–water partition coefficient (Wildman–Crippen LogP) is 3.70. The molecule has 0 radical (unpaired) electrons. The summed E-state index contributed by atoms with van der Waals surface area (Å²) in [6, 6.07) is 8.21. The summed E-state index contributed by atoms with van der Waals surface area (Å²) in [6.07, 6.45) is 7.11. The van der Waals surface area contributed by atoms with E-state index >= 15 is 0 Å². The lowest BCUT2D eigenvalue weighted by Gasteiger charge is -2.25. The molecular weight excluding hydrogens is 316 g/mol. The Bertz CT molecular complexity index is 741. The lowest BCUT2D eigenvalue weighted by Crippen LogP contribution is -2.40. The number of hydrogen-bond acceptors (Lipinski definition) is 4. The number of carbonyl (C=O) groups excluding carboxylic acids is 2. The molecule has 1 saturated carbocycles. The van der Waals surface area contributed by atoms with Crippen LogP contribution in [-0.4, -0.2) is 26.2 Å². The normalized spacial score (nSPS) is 22.0. The van der Waals surface area contributed by atoms with Crippen molar-refractivity contribution in [3.05, 3.63) is 52.6 Å². The second kappa shape index (κ2) is 6.87. The third-order valence-electron chi connectivity index (χ3n) is 5.30. The van der Waals surface area contributed by atoms with Crippen LogP contribution in [-0.2, 0) is 25.5 Å². The van der Waals surface area contributed by atoms with Crippen LogP contribution in [0.25, 0.3) is 6.08 Å². The number of allylic oxidation sites excluding steroid dienone is 2. The summed E-state index contributed by atoms with van der Waals surface area (Å²) in [5, 5.41) is 0. The van der Waals surface area contributed by atoms with Crippen LogP contribution in [0, 0.1) is 11.3 Å². The van der Waals surface area contributed by atoms with Gasteiger partial charge in [-0.1, -0.05) is 49.8 Å². The van der Waals surface area contributed by atoms with E-state index in [1.165, 1.54) is 19.8 Å². The first-order valence-electron chi connectivity index (χ1n) is 8.75. The van der Waals surface area contributed by atoms with Gasteiger partial charge in [0, 0.05) is 0 Å². The summed E-state index contributed by atoms with van der Waals surface area (Å²) in [5.74, 6) is -0.932. The molecule has 4 nitrogen and oxygen atoms in total. The van der Waals surface area contributed by atoms with Gasteiger partial charge in [-0.25, -0.2) is 0 Å². The molecule has 0 N–H and O–H groups in total. The van der Waals surface area contributed by atoms with Crippen LogP contribution in [0.15, 0.2) is 41.5 Å². The Hall–Kier alpha value is -2.36. The van der Waals surface area contributed by atoms with Crippen LogP contribution in [0.5, 0.6) is 0 Å². The number of benzene rings is 1. The molecule has 0 spiro atoms. The fraction of sp³-hybridized carbons (Fsp3) is 0.429. The van der Waals surface area contributed by atoms with E-state index < -0.39 is 17.4 Å². The minimum atomic E-state index is -1.35. The van der Waals surface area contributed by atoms with Gasteiger partial charge in [-0.3, -0.25) is 9.59 Å². The van der Waals surface area contributed by atoms with Gasteiger partial charge in [-0.15, -0.1) is 0 Å². The highest BCUT2D eigenvalue weighted by molar-refractivity contribution is 6.06. The average molecular weight is 340 g/mol. The number of rotatable bonds is 4. The molecule has 1 aromatic carbocycles. The van der Waals surface area contributed by atoms with E-state index in [9.17, 15) is 9.59 Å². The molecule has 0 aromatic heterocycles. The molecule has 0 bridgehead atoms. The summed E-state index contributed by atoms with van der Waals surface area (Å²) in [7, 11) is 2.66. The molecule has 25 heavy (non-hydrogen) atoms. The molecule has 4 heteroatoms. The van der Waals surface area contributed by atoms with E-state index in [0.717, 1.165) is 36.0 Å². The van der Waals surface area contributed by atoms with E-state index in [4.69, 9.17) is 9.47 Å². The van der Waals surface area contributed by atoms with Crippen LogP contribution in [0.2, 0.25) is 0 Å². The van der Waals surface area contributed by atoms with E-state index in [0.29, 0.717) is 6.42 Å². The van der Waals surface area contributed by atoms with Crippen molar-refractivity contribution in [2.75, 3.05) is 14.2 Å². The summed E-state index contributed by atoms with van der Waals surface area (Å²) in [5.41, 5.74) is 2.89. The topological polar surface area (TPSA) is 52.6 Å². The molecule has 1 aromatic rings. The summed E-state index contributed by atoms with van der Waals surface area (Å²) >= 11 is 0. The van der Waals surface area contributed by atoms with Gasteiger partial charge in [0.1, 0.15) is 0 Å². The largest absolute Gasteiger partial charge is 0.468 e. The first kappa shape index (κ1) is 17.5. The van der Waals surface area contributed by atoms with Crippen molar-refractivity contribution in [1.82, 2.24) is 0 Å². The molecule has 2 aliphatic carbocycles. The quantitative estimate of drug-likeness (QED) is 0.619. The molecule has 0 aliphatic heterocycles. The van der Waals surface area contributed by atoms with Gasteiger partial charge in [0.2, 0.25) is 0 Å². The van der Waals surface area contributed by atoms with Crippen LogP contribution >= 0.6 is 0 Å². The third kappa shape index (κ3) is 2.70. The van der Waals surface area contributed by atoms with Gasteiger partial charge in [0.15, 0.2) is 5.41 Å². The Kier molecular flexibility index (Phi) is 4.80. The van der Waals surface area contributed by atoms with Crippen LogP contribution in [0.3, 0.4) is 0 Å². The van der Waals surface area contributed by atoms with Crippen molar-refractivity contribution in [1.29, 1.82) is 0 Å². The molecule has 0 amide bonds. The lowest BCUT2D eigenvalue weighted by atomic mass is 9.80. The molecule has 1 atom stereocenters. The molecule has 3 rings (SSSR count). The summed E-state index contributed by atoms with van der Waals surface area (Å²) in [6.45, 7) is 2.08. The Morgan fingerprint density at radius 3 is 2.52 bits per heavy atom. The van der Waals surface area contributed by atoms with Crippen molar-refractivity contribution in [3.8, 4) is 0 Å². The van der Waals surface area contributed by atoms with Crippen LogP contribution in [0.4, 0.5) is 0 Å². The van der Waals surface area contributed by atoms with Gasteiger partial charge >= 0.3 is 11.9 Å².